The molecule has 1 aliphatic carbocycles. The van der Waals surface area contributed by atoms with E-state index < -0.39 is 0 Å². The predicted octanol–water partition coefficient (Wildman–Crippen LogP) is 2.31. The number of ether oxygens (including phenoxy) is 1. The number of nitrogens with one attached hydrogen (secondary N) is 1. The highest BCUT2D eigenvalue weighted by Gasteiger charge is 2.24. The number of aromatic amines is 1. The third-order valence-corrected chi connectivity index (χ3v) is 2.99. The first kappa shape index (κ1) is 8.53. The van der Waals surface area contributed by atoms with E-state index in [4.69, 9.17) is 4.74 Å². The highest BCUT2D eigenvalue weighted by atomic mass is 16.5. The van der Waals surface area contributed by atoms with E-state index in [1.54, 1.807) is 7.11 Å². The standard InChI is InChI=1S/C12H11NO2/c1-15-7-2-4-10-9(6-7)8-3-5-11(14)12(8)13-10/h2,4,6,13H,3,5H2,1H3. The number of methoxy groups -OCH3 is 1. The fourth-order valence-corrected chi connectivity index (χ4v) is 2.21. The molecule has 1 N–H and O–H groups in total. The van der Waals surface area contributed by atoms with E-state index in [1.807, 2.05) is 18.2 Å². The molecule has 0 spiro atoms. The number of aromatic nitrogens is 1. The van der Waals surface area contributed by atoms with Gasteiger partial charge in [0.15, 0.2) is 5.78 Å². The van der Waals surface area contributed by atoms with Crippen molar-refractivity contribution in [1.29, 1.82) is 0 Å². The third kappa shape index (κ3) is 1.09. The Morgan fingerprint density at radius 3 is 3.00 bits per heavy atom. The van der Waals surface area contributed by atoms with Crippen LogP contribution in [0.25, 0.3) is 10.9 Å². The smallest absolute Gasteiger partial charge is 0.179 e. The Morgan fingerprint density at radius 1 is 1.33 bits per heavy atom. The number of ketones is 1. The zero-order chi connectivity index (χ0) is 10.4. The molecule has 3 rings (SSSR count). The Hall–Kier alpha value is -1.77. The number of H-pyrrole nitrogens is 1. The molecule has 0 saturated heterocycles. The molecular formula is C12H11NO2. The maximum Gasteiger partial charge on any atom is 0.179 e. The minimum atomic E-state index is 0.222. The first-order valence-electron chi connectivity index (χ1n) is 5.01. The van der Waals surface area contributed by atoms with Crippen LogP contribution in [0.15, 0.2) is 18.2 Å². The summed E-state index contributed by atoms with van der Waals surface area (Å²) in [7, 11) is 1.65. The summed E-state index contributed by atoms with van der Waals surface area (Å²) in [5.41, 5.74) is 2.96. The molecule has 1 aromatic heterocycles. The molecule has 76 valence electrons. The van der Waals surface area contributed by atoms with Gasteiger partial charge >= 0.3 is 0 Å². The first-order chi connectivity index (χ1) is 7.29. The van der Waals surface area contributed by atoms with E-state index in [0.717, 1.165) is 34.3 Å². The van der Waals surface area contributed by atoms with E-state index in [-0.39, 0.29) is 5.78 Å². The van der Waals surface area contributed by atoms with Crippen LogP contribution >= 0.6 is 0 Å². The fourth-order valence-electron chi connectivity index (χ4n) is 2.21. The molecule has 0 atom stereocenters. The number of fused-ring (bicyclic) bond motifs is 3. The first-order valence-corrected chi connectivity index (χ1v) is 5.01. The largest absolute Gasteiger partial charge is 0.497 e. The van der Waals surface area contributed by atoms with Crippen molar-refractivity contribution in [3.8, 4) is 5.75 Å². The Bertz CT molecular complexity index is 554. The summed E-state index contributed by atoms with van der Waals surface area (Å²) in [5.74, 6) is 1.06. The molecule has 0 fully saturated rings. The Balaban J connectivity index is 2.31. The normalized spacial score (nSPS) is 14.6. The molecule has 3 heteroatoms. The lowest BCUT2D eigenvalue weighted by molar-refractivity contribution is 0.0991. The van der Waals surface area contributed by atoms with Crippen LogP contribution in [0.2, 0.25) is 0 Å². The van der Waals surface area contributed by atoms with Gasteiger partial charge in [-0.2, -0.15) is 0 Å². The summed E-state index contributed by atoms with van der Waals surface area (Å²) in [6, 6.07) is 5.85. The van der Waals surface area contributed by atoms with Gasteiger partial charge in [-0.25, -0.2) is 0 Å². The Labute approximate surface area is 87.1 Å². The van der Waals surface area contributed by atoms with Gasteiger partial charge in [0.25, 0.3) is 0 Å². The fraction of sp³-hybridized carbons (Fsp3) is 0.250. The summed E-state index contributed by atoms with van der Waals surface area (Å²) >= 11 is 0. The van der Waals surface area contributed by atoms with Gasteiger partial charge in [0, 0.05) is 17.3 Å². The zero-order valence-electron chi connectivity index (χ0n) is 8.46. The van der Waals surface area contributed by atoms with Crippen molar-refractivity contribution in [3.63, 3.8) is 0 Å². The second kappa shape index (κ2) is 2.86. The lowest BCUT2D eigenvalue weighted by Crippen LogP contribution is -1.90. The average molecular weight is 201 g/mol. The Morgan fingerprint density at radius 2 is 2.20 bits per heavy atom. The van der Waals surface area contributed by atoms with Crippen LogP contribution in [-0.4, -0.2) is 17.9 Å². The van der Waals surface area contributed by atoms with E-state index in [0.29, 0.717) is 6.42 Å². The highest BCUT2D eigenvalue weighted by molar-refractivity contribution is 6.05. The van der Waals surface area contributed by atoms with Crippen LogP contribution in [0, 0.1) is 0 Å². The quantitative estimate of drug-likeness (QED) is 0.769. The second-order valence-corrected chi connectivity index (χ2v) is 3.81. The number of carbonyl (C=O) groups is 1. The molecule has 0 saturated carbocycles. The van der Waals surface area contributed by atoms with Crippen LogP contribution in [0.4, 0.5) is 0 Å². The van der Waals surface area contributed by atoms with E-state index in [1.165, 1.54) is 0 Å². The summed E-state index contributed by atoms with van der Waals surface area (Å²) in [6.07, 6.45) is 1.48. The van der Waals surface area contributed by atoms with Gasteiger partial charge in [-0.1, -0.05) is 0 Å². The summed E-state index contributed by atoms with van der Waals surface area (Å²) in [5, 5.41) is 1.12. The van der Waals surface area contributed by atoms with E-state index in [9.17, 15) is 4.79 Å². The average Bonchev–Trinajstić information content (AvgIpc) is 2.78. The summed E-state index contributed by atoms with van der Waals surface area (Å²) in [6.45, 7) is 0. The topological polar surface area (TPSA) is 42.1 Å². The van der Waals surface area contributed by atoms with Crippen LogP contribution in [0.3, 0.4) is 0 Å². The number of benzene rings is 1. The van der Waals surface area contributed by atoms with Gasteiger partial charge in [0.2, 0.25) is 0 Å². The van der Waals surface area contributed by atoms with Crippen LogP contribution in [0.5, 0.6) is 5.75 Å². The molecule has 1 heterocycles. The molecule has 0 radical (unpaired) electrons. The SMILES string of the molecule is COc1ccc2[nH]c3c(c2c1)CCC3=O. The van der Waals surface area contributed by atoms with Gasteiger partial charge in [0.05, 0.1) is 12.8 Å². The zero-order valence-corrected chi connectivity index (χ0v) is 8.46. The van der Waals surface area contributed by atoms with Crippen molar-refractivity contribution in [2.75, 3.05) is 7.11 Å². The van der Waals surface area contributed by atoms with Gasteiger partial charge in [0.1, 0.15) is 5.75 Å². The monoisotopic (exact) mass is 201 g/mol. The summed E-state index contributed by atoms with van der Waals surface area (Å²) in [4.78, 5) is 14.7. The van der Waals surface area contributed by atoms with Crippen molar-refractivity contribution < 1.29 is 9.53 Å². The van der Waals surface area contributed by atoms with Gasteiger partial charge in [-0.3, -0.25) is 4.79 Å². The van der Waals surface area contributed by atoms with Crippen LogP contribution in [-0.2, 0) is 6.42 Å². The van der Waals surface area contributed by atoms with Crippen molar-refractivity contribution in [2.45, 2.75) is 12.8 Å². The second-order valence-electron chi connectivity index (χ2n) is 3.81. The van der Waals surface area contributed by atoms with Gasteiger partial charge in [-0.05, 0) is 30.2 Å². The molecule has 15 heavy (non-hydrogen) atoms. The molecule has 1 aromatic carbocycles. The molecule has 0 unspecified atom stereocenters. The molecule has 1 aliphatic rings. The van der Waals surface area contributed by atoms with Gasteiger partial charge in [-0.15, -0.1) is 0 Å². The van der Waals surface area contributed by atoms with Crippen molar-refractivity contribution in [1.82, 2.24) is 4.98 Å². The third-order valence-electron chi connectivity index (χ3n) is 2.99. The minimum Gasteiger partial charge on any atom is -0.497 e. The van der Waals surface area contributed by atoms with Crippen molar-refractivity contribution in [2.24, 2.45) is 0 Å². The molecular weight excluding hydrogens is 190 g/mol. The lowest BCUT2D eigenvalue weighted by atomic mass is 10.1. The van der Waals surface area contributed by atoms with E-state index >= 15 is 0 Å². The Kier molecular flexibility index (Phi) is 1.63. The number of Topliss-reactive ketones (excluding diaryl/α,β-unsaturated/α-hetero) is 1. The number of hydrogen-bond donors (Lipinski definition) is 1. The number of hydrogen-bond acceptors (Lipinski definition) is 2. The highest BCUT2D eigenvalue weighted by Crippen LogP contribution is 2.31. The molecule has 0 aliphatic heterocycles. The van der Waals surface area contributed by atoms with Gasteiger partial charge < -0.3 is 9.72 Å². The lowest BCUT2D eigenvalue weighted by Gasteiger charge is -1.99. The van der Waals surface area contributed by atoms with E-state index in [2.05, 4.69) is 4.98 Å². The molecule has 0 amide bonds. The van der Waals surface area contributed by atoms with Crippen molar-refractivity contribution >= 4 is 16.7 Å². The minimum absolute atomic E-state index is 0.222. The molecule has 3 nitrogen and oxygen atoms in total. The van der Waals surface area contributed by atoms with Crippen LogP contribution < -0.4 is 4.74 Å². The summed E-state index contributed by atoms with van der Waals surface area (Å²) < 4.78 is 5.18. The maximum atomic E-state index is 11.5. The molecule has 2 aromatic rings. The number of carbonyl (C=O) groups excluding carboxylic acids is 1. The number of aryl methyl sites for hydroxylation is 1. The maximum absolute atomic E-state index is 11.5. The number of rotatable bonds is 1. The predicted molar refractivity (Wildman–Crippen MR) is 57.5 cm³/mol. The van der Waals surface area contributed by atoms with Crippen LogP contribution in [0.1, 0.15) is 22.5 Å². The molecule has 0 bridgehead atoms. The van der Waals surface area contributed by atoms with Crippen molar-refractivity contribution in [3.05, 3.63) is 29.5 Å².